The zero-order valence-corrected chi connectivity index (χ0v) is 10.2. The maximum absolute atomic E-state index is 12.1. The van der Waals surface area contributed by atoms with Crippen LogP contribution >= 0.6 is 0 Å². The number of ether oxygens (including phenoxy) is 1. The van der Waals surface area contributed by atoms with Gasteiger partial charge in [-0.2, -0.15) is 0 Å². The van der Waals surface area contributed by atoms with E-state index in [-0.39, 0.29) is 11.1 Å². The Balaban J connectivity index is 2.22. The van der Waals surface area contributed by atoms with Gasteiger partial charge in [-0.15, -0.1) is 0 Å². The molecule has 0 aliphatic carbocycles. The lowest BCUT2D eigenvalue weighted by atomic mass is 10.2. The molecule has 19 heavy (non-hydrogen) atoms. The van der Waals surface area contributed by atoms with Crippen LogP contribution in [-0.2, 0) is 14.3 Å². The van der Waals surface area contributed by atoms with E-state index in [1.807, 2.05) is 0 Å². The summed E-state index contributed by atoms with van der Waals surface area (Å²) in [6, 6.07) is 6.97. The summed E-state index contributed by atoms with van der Waals surface area (Å²) in [7, 11) is 0. The van der Waals surface area contributed by atoms with Crippen LogP contribution in [0.5, 0.6) is 0 Å². The molecule has 0 aliphatic rings. The Kier molecular flexibility index (Phi) is 3.61. The van der Waals surface area contributed by atoms with Crippen molar-refractivity contribution in [2.75, 3.05) is 11.9 Å². The number of pyridine rings is 1. The van der Waals surface area contributed by atoms with Crippen LogP contribution in [0.2, 0.25) is 0 Å². The van der Waals surface area contributed by atoms with Crippen molar-refractivity contribution in [3.63, 3.8) is 0 Å². The second-order valence-electron chi connectivity index (χ2n) is 3.91. The summed E-state index contributed by atoms with van der Waals surface area (Å²) in [6.45, 7) is 0.789. The fraction of sp³-hybridized carbons (Fsp3) is 0.154. The van der Waals surface area contributed by atoms with E-state index in [0.717, 1.165) is 0 Å². The van der Waals surface area contributed by atoms with Gasteiger partial charge >= 0.3 is 5.97 Å². The second kappa shape index (κ2) is 5.34. The van der Waals surface area contributed by atoms with Gasteiger partial charge in [-0.3, -0.25) is 14.4 Å². The molecule has 1 amide bonds. The minimum Gasteiger partial charge on any atom is -0.456 e. The van der Waals surface area contributed by atoms with Crippen LogP contribution < -0.4 is 10.7 Å². The topological polar surface area (TPSA) is 88.3 Å². The Morgan fingerprint density at radius 2 is 2.05 bits per heavy atom. The van der Waals surface area contributed by atoms with Crippen molar-refractivity contribution in [3.8, 4) is 0 Å². The smallest absolute Gasteiger partial charge is 0.303 e. The number of carbonyl (C=O) groups is 2. The van der Waals surface area contributed by atoms with Gasteiger partial charge in [-0.25, -0.2) is 0 Å². The molecule has 0 radical (unpaired) electrons. The van der Waals surface area contributed by atoms with Crippen molar-refractivity contribution >= 4 is 28.5 Å². The maximum atomic E-state index is 12.1. The third-order valence-corrected chi connectivity index (χ3v) is 2.47. The molecule has 1 aromatic heterocycles. The number of aromatic amines is 1. The summed E-state index contributed by atoms with van der Waals surface area (Å²) < 4.78 is 4.54. The summed E-state index contributed by atoms with van der Waals surface area (Å²) in [5, 5.41) is 2.88. The monoisotopic (exact) mass is 260 g/mol. The predicted octanol–water partition coefficient (Wildman–Crippen LogP) is 1.03. The number of aromatic nitrogens is 1. The molecule has 2 aromatic rings. The largest absolute Gasteiger partial charge is 0.456 e. The SMILES string of the molecule is CC(=O)OCC(=O)Nc1c[nH]c2ccccc2c1=O. The first-order valence-corrected chi connectivity index (χ1v) is 5.61. The Morgan fingerprint density at radius 1 is 1.32 bits per heavy atom. The van der Waals surface area contributed by atoms with Gasteiger partial charge < -0.3 is 15.0 Å². The zero-order valence-electron chi connectivity index (χ0n) is 10.2. The lowest BCUT2D eigenvalue weighted by Crippen LogP contribution is -2.23. The third kappa shape index (κ3) is 2.98. The molecule has 6 nitrogen and oxygen atoms in total. The molecule has 0 unspecified atom stereocenters. The molecule has 2 N–H and O–H groups in total. The van der Waals surface area contributed by atoms with Gasteiger partial charge in [0.25, 0.3) is 5.91 Å². The van der Waals surface area contributed by atoms with Crippen molar-refractivity contribution in [2.24, 2.45) is 0 Å². The van der Waals surface area contributed by atoms with Gasteiger partial charge in [-0.05, 0) is 12.1 Å². The van der Waals surface area contributed by atoms with Gasteiger partial charge in [0, 0.05) is 24.0 Å². The van der Waals surface area contributed by atoms with Crippen molar-refractivity contribution < 1.29 is 14.3 Å². The number of hydrogen-bond acceptors (Lipinski definition) is 4. The van der Waals surface area contributed by atoms with E-state index in [0.29, 0.717) is 10.9 Å². The molecule has 0 saturated heterocycles. The number of nitrogens with one attached hydrogen (secondary N) is 2. The highest BCUT2D eigenvalue weighted by molar-refractivity contribution is 5.94. The van der Waals surface area contributed by atoms with Crippen LogP contribution in [-0.4, -0.2) is 23.5 Å². The highest BCUT2D eigenvalue weighted by atomic mass is 16.5. The van der Waals surface area contributed by atoms with Crippen molar-refractivity contribution in [3.05, 3.63) is 40.7 Å². The highest BCUT2D eigenvalue weighted by Gasteiger charge is 2.09. The number of anilines is 1. The average Bonchev–Trinajstić information content (AvgIpc) is 2.40. The van der Waals surface area contributed by atoms with Crippen LogP contribution in [0.1, 0.15) is 6.92 Å². The number of esters is 1. The number of hydrogen-bond donors (Lipinski definition) is 2. The summed E-state index contributed by atoms with van der Waals surface area (Å²) in [5.74, 6) is -1.11. The van der Waals surface area contributed by atoms with Gasteiger partial charge in [0.05, 0.1) is 0 Å². The van der Waals surface area contributed by atoms with Crippen molar-refractivity contribution in [1.29, 1.82) is 0 Å². The van der Waals surface area contributed by atoms with E-state index in [1.165, 1.54) is 13.1 Å². The highest BCUT2D eigenvalue weighted by Crippen LogP contribution is 2.09. The fourth-order valence-electron chi connectivity index (χ4n) is 1.61. The molecule has 0 saturated carbocycles. The second-order valence-corrected chi connectivity index (χ2v) is 3.91. The summed E-state index contributed by atoms with van der Waals surface area (Å²) in [4.78, 5) is 37.0. The quantitative estimate of drug-likeness (QED) is 0.807. The minimum atomic E-state index is -0.559. The number of amides is 1. The molecule has 1 aromatic carbocycles. The Hall–Kier alpha value is -2.63. The van der Waals surface area contributed by atoms with Crippen LogP contribution in [0.4, 0.5) is 5.69 Å². The predicted molar refractivity (Wildman–Crippen MR) is 69.8 cm³/mol. The van der Waals surface area contributed by atoms with Gasteiger partial charge in [0.1, 0.15) is 5.69 Å². The lowest BCUT2D eigenvalue weighted by molar-refractivity contribution is -0.144. The normalized spacial score (nSPS) is 10.2. The number of carbonyl (C=O) groups excluding carboxylic acids is 2. The first-order valence-electron chi connectivity index (χ1n) is 5.61. The summed E-state index contributed by atoms with van der Waals surface area (Å²) in [5.41, 5.74) is 0.520. The average molecular weight is 260 g/mol. The Bertz CT molecular complexity index is 690. The number of H-pyrrole nitrogens is 1. The first-order chi connectivity index (χ1) is 9.08. The van der Waals surface area contributed by atoms with Gasteiger partial charge in [0.15, 0.2) is 6.61 Å². The summed E-state index contributed by atoms with van der Waals surface area (Å²) in [6.07, 6.45) is 1.41. The third-order valence-electron chi connectivity index (χ3n) is 2.47. The number of fused-ring (bicyclic) bond motifs is 1. The van der Waals surface area contributed by atoms with E-state index < -0.39 is 18.5 Å². The molecule has 0 bridgehead atoms. The lowest BCUT2D eigenvalue weighted by Gasteiger charge is -2.05. The van der Waals surface area contributed by atoms with Gasteiger partial charge in [0.2, 0.25) is 5.43 Å². The van der Waals surface area contributed by atoms with Crippen LogP contribution in [0.3, 0.4) is 0 Å². The van der Waals surface area contributed by atoms with E-state index in [4.69, 9.17) is 0 Å². The molecule has 98 valence electrons. The molecular weight excluding hydrogens is 248 g/mol. The Labute approximate surface area is 108 Å². The number of rotatable bonds is 3. The van der Waals surface area contributed by atoms with Crippen molar-refractivity contribution in [1.82, 2.24) is 4.98 Å². The van der Waals surface area contributed by atoms with Crippen LogP contribution in [0, 0.1) is 0 Å². The molecule has 0 aliphatic heterocycles. The minimum absolute atomic E-state index is 0.121. The molecule has 0 atom stereocenters. The van der Waals surface area contributed by atoms with E-state index in [9.17, 15) is 14.4 Å². The van der Waals surface area contributed by atoms with Gasteiger partial charge in [-0.1, -0.05) is 12.1 Å². The van der Waals surface area contributed by atoms with Crippen LogP contribution in [0.15, 0.2) is 35.3 Å². The first kappa shape index (κ1) is 12.8. The van der Waals surface area contributed by atoms with E-state index >= 15 is 0 Å². The molecular formula is C13H12N2O4. The van der Waals surface area contributed by atoms with E-state index in [1.54, 1.807) is 24.3 Å². The standard InChI is InChI=1S/C13H12N2O4/c1-8(16)19-7-12(17)15-11-6-14-10-5-3-2-4-9(10)13(11)18/h2-6H,7H2,1H3,(H,14,18)(H,15,17). The molecule has 0 fully saturated rings. The Morgan fingerprint density at radius 3 is 2.79 bits per heavy atom. The molecule has 2 rings (SSSR count). The summed E-state index contributed by atoms with van der Waals surface area (Å²) >= 11 is 0. The molecule has 0 spiro atoms. The van der Waals surface area contributed by atoms with Crippen LogP contribution in [0.25, 0.3) is 10.9 Å². The molecule has 1 heterocycles. The van der Waals surface area contributed by atoms with Crippen molar-refractivity contribution in [2.45, 2.75) is 6.92 Å². The fourth-order valence-corrected chi connectivity index (χ4v) is 1.61. The zero-order chi connectivity index (χ0) is 13.8. The number of benzene rings is 1. The number of para-hydroxylation sites is 1. The molecule has 6 heteroatoms. The maximum Gasteiger partial charge on any atom is 0.303 e. The van der Waals surface area contributed by atoms with E-state index in [2.05, 4.69) is 15.0 Å².